The predicted octanol–water partition coefficient (Wildman–Crippen LogP) is 4.46. The van der Waals surface area contributed by atoms with Gasteiger partial charge in [-0.3, -0.25) is 4.79 Å². The summed E-state index contributed by atoms with van der Waals surface area (Å²) < 4.78 is 2.08. The Morgan fingerprint density at radius 1 is 1.29 bits per heavy atom. The van der Waals surface area contributed by atoms with Crippen LogP contribution < -0.4 is 5.32 Å². The second kappa shape index (κ2) is 8.19. The van der Waals surface area contributed by atoms with Crippen molar-refractivity contribution in [1.29, 1.82) is 0 Å². The number of allylic oxidation sites excluding steroid dienone is 1. The van der Waals surface area contributed by atoms with Crippen molar-refractivity contribution in [3.63, 3.8) is 0 Å². The summed E-state index contributed by atoms with van der Waals surface area (Å²) >= 11 is 1.43. The van der Waals surface area contributed by atoms with Crippen molar-refractivity contribution in [3.05, 3.63) is 66.5 Å². The number of hydrogen-bond donors (Lipinski definition) is 1. The quantitative estimate of drug-likeness (QED) is 0.454. The van der Waals surface area contributed by atoms with Crippen molar-refractivity contribution in [2.45, 2.75) is 43.4 Å². The number of carbonyl (C=O) groups excluding carboxylic acids is 1. The van der Waals surface area contributed by atoms with Crippen molar-refractivity contribution in [2.24, 2.45) is 0 Å². The number of nitrogens with zero attached hydrogens (tertiary/aromatic N) is 3. The second-order valence-corrected chi connectivity index (χ2v) is 8.10. The van der Waals surface area contributed by atoms with E-state index >= 15 is 0 Å². The fourth-order valence-electron chi connectivity index (χ4n) is 3.47. The zero-order valence-corrected chi connectivity index (χ0v) is 16.8. The maximum atomic E-state index is 12.5. The molecule has 1 saturated carbocycles. The van der Waals surface area contributed by atoms with Gasteiger partial charge in [0.15, 0.2) is 5.16 Å². The van der Waals surface area contributed by atoms with Crippen molar-refractivity contribution in [2.75, 3.05) is 5.75 Å². The number of aromatic nitrogens is 3. The molecule has 1 unspecified atom stereocenters. The Labute approximate surface area is 169 Å². The Bertz CT molecular complexity index is 1000. The first-order valence-corrected chi connectivity index (χ1v) is 10.6. The van der Waals surface area contributed by atoms with Crippen LogP contribution in [0.15, 0.2) is 60.3 Å². The van der Waals surface area contributed by atoms with Crippen LogP contribution >= 0.6 is 11.8 Å². The van der Waals surface area contributed by atoms with E-state index < -0.39 is 0 Å². The average Bonchev–Trinajstić information content (AvgIpc) is 3.47. The zero-order chi connectivity index (χ0) is 19.5. The first-order valence-electron chi connectivity index (χ1n) is 9.61. The number of amides is 1. The Morgan fingerprint density at radius 2 is 2.07 bits per heavy atom. The molecule has 4 rings (SSSR count). The highest BCUT2D eigenvalue weighted by molar-refractivity contribution is 7.99. The standard InChI is InChI=1S/C22H24N4OS/c1-3-13-26-21(17-11-12-17)24-25-22(26)28-14-20(27)23-15(2)18-10-6-8-16-7-4-5-9-19(16)18/h3-10,15,17H,1,11-14H2,2H3,(H,23,27). The van der Waals surface area contributed by atoms with Gasteiger partial charge in [0, 0.05) is 12.5 Å². The molecular weight excluding hydrogens is 368 g/mol. The lowest BCUT2D eigenvalue weighted by Gasteiger charge is -2.16. The van der Waals surface area contributed by atoms with Gasteiger partial charge >= 0.3 is 0 Å². The summed E-state index contributed by atoms with van der Waals surface area (Å²) in [5, 5.41) is 14.9. The van der Waals surface area contributed by atoms with Gasteiger partial charge in [-0.25, -0.2) is 0 Å². The molecule has 1 aliphatic rings. The Kier molecular flexibility index (Phi) is 5.48. The third-order valence-corrected chi connectivity index (χ3v) is 5.97. The molecular formula is C22H24N4OS. The van der Waals surface area contributed by atoms with Crippen LogP contribution in [-0.4, -0.2) is 26.4 Å². The average molecular weight is 393 g/mol. The first kappa shape index (κ1) is 18.7. The van der Waals surface area contributed by atoms with Gasteiger partial charge in [0.25, 0.3) is 0 Å². The van der Waals surface area contributed by atoms with Crippen LogP contribution in [0.3, 0.4) is 0 Å². The monoisotopic (exact) mass is 392 g/mol. The molecule has 0 saturated heterocycles. The van der Waals surface area contributed by atoms with Crippen LogP contribution in [0.5, 0.6) is 0 Å². The SMILES string of the molecule is C=CCn1c(SCC(=O)NC(C)c2cccc3ccccc23)nnc1C1CC1. The van der Waals surface area contributed by atoms with Gasteiger partial charge in [-0.2, -0.15) is 0 Å². The topological polar surface area (TPSA) is 59.8 Å². The molecule has 144 valence electrons. The molecule has 1 atom stereocenters. The Balaban J connectivity index is 1.41. The van der Waals surface area contributed by atoms with E-state index in [1.807, 2.05) is 31.2 Å². The highest BCUT2D eigenvalue weighted by Gasteiger charge is 2.30. The molecule has 0 spiro atoms. The molecule has 1 amide bonds. The predicted molar refractivity (Wildman–Crippen MR) is 113 cm³/mol. The van der Waals surface area contributed by atoms with Crippen molar-refractivity contribution in [1.82, 2.24) is 20.1 Å². The van der Waals surface area contributed by atoms with Gasteiger partial charge in [0.1, 0.15) is 5.82 Å². The maximum absolute atomic E-state index is 12.5. The van der Waals surface area contributed by atoms with Gasteiger partial charge in [-0.1, -0.05) is 60.3 Å². The molecule has 3 aromatic rings. The zero-order valence-electron chi connectivity index (χ0n) is 16.0. The molecule has 1 aromatic heterocycles. The number of fused-ring (bicyclic) bond motifs is 1. The molecule has 0 radical (unpaired) electrons. The van der Waals surface area contributed by atoms with Crippen LogP contribution in [-0.2, 0) is 11.3 Å². The lowest BCUT2D eigenvalue weighted by Crippen LogP contribution is -2.28. The third kappa shape index (κ3) is 3.97. The summed E-state index contributed by atoms with van der Waals surface area (Å²) in [5.41, 5.74) is 1.13. The summed E-state index contributed by atoms with van der Waals surface area (Å²) in [6.45, 7) is 6.52. The van der Waals surface area contributed by atoms with E-state index in [1.54, 1.807) is 0 Å². The van der Waals surface area contributed by atoms with E-state index in [1.165, 1.54) is 35.4 Å². The number of benzene rings is 2. The van der Waals surface area contributed by atoms with Crippen LogP contribution in [0, 0.1) is 0 Å². The number of rotatable bonds is 8. The molecule has 1 heterocycles. The molecule has 0 aliphatic heterocycles. The minimum absolute atomic E-state index is 0.00782. The van der Waals surface area contributed by atoms with Gasteiger partial charge in [-0.15, -0.1) is 16.8 Å². The maximum Gasteiger partial charge on any atom is 0.230 e. The van der Waals surface area contributed by atoms with Crippen LogP contribution in [0.4, 0.5) is 0 Å². The molecule has 28 heavy (non-hydrogen) atoms. The lowest BCUT2D eigenvalue weighted by molar-refractivity contribution is -0.119. The van der Waals surface area contributed by atoms with E-state index in [2.05, 4.69) is 50.9 Å². The molecule has 5 nitrogen and oxygen atoms in total. The normalized spacial score (nSPS) is 14.8. The minimum atomic E-state index is -0.0627. The first-order chi connectivity index (χ1) is 13.7. The Hall–Kier alpha value is -2.60. The highest BCUT2D eigenvalue weighted by Crippen LogP contribution is 2.40. The van der Waals surface area contributed by atoms with Gasteiger partial charge in [0.05, 0.1) is 11.8 Å². The van der Waals surface area contributed by atoms with Crippen LogP contribution in [0.2, 0.25) is 0 Å². The van der Waals surface area contributed by atoms with Gasteiger partial charge < -0.3 is 9.88 Å². The van der Waals surface area contributed by atoms with Crippen LogP contribution in [0.25, 0.3) is 10.8 Å². The fraction of sp³-hybridized carbons (Fsp3) is 0.318. The van der Waals surface area contributed by atoms with Gasteiger partial charge in [-0.05, 0) is 36.1 Å². The highest BCUT2D eigenvalue weighted by atomic mass is 32.2. The van der Waals surface area contributed by atoms with Crippen molar-refractivity contribution >= 4 is 28.4 Å². The van der Waals surface area contributed by atoms with Gasteiger partial charge in [0.2, 0.25) is 5.91 Å². The Morgan fingerprint density at radius 3 is 2.86 bits per heavy atom. The molecule has 1 N–H and O–H groups in total. The third-order valence-electron chi connectivity index (χ3n) is 5.00. The van der Waals surface area contributed by atoms with E-state index in [-0.39, 0.29) is 11.9 Å². The summed E-state index contributed by atoms with van der Waals surface area (Å²) in [6.07, 6.45) is 4.19. The molecule has 6 heteroatoms. The molecule has 1 aliphatic carbocycles. The molecule has 0 bridgehead atoms. The molecule has 1 fully saturated rings. The number of hydrogen-bond acceptors (Lipinski definition) is 4. The van der Waals surface area contributed by atoms with Crippen LogP contribution in [0.1, 0.15) is 43.1 Å². The summed E-state index contributed by atoms with van der Waals surface area (Å²) in [4.78, 5) is 12.5. The van der Waals surface area contributed by atoms with Crippen molar-refractivity contribution < 1.29 is 4.79 Å². The lowest BCUT2D eigenvalue weighted by atomic mass is 10.00. The van der Waals surface area contributed by atoms with E-state index in [4.69, 9.17) is 0 Å². The minimum Gasteiger partial charge on any atom is -0.349 e. The summed E-state index contributed by atoms with van der Waals surface area (Å²) in [6, 6.07) is 14.4. The van der Waals surface area contributed by atoms with E-state index in [9.17, 15) is 4.79 Å². The second-order valence-electron chi connectivity index (χ2n) is 7.16. The summed E-state index contributed by atoms with van der Waals surface area (Å²) in [7, 11) is 0. The summed E-state index contributed by atoms with van der Waals surface area (Å²) in [5.74, 6) is 1.84. The molecule has 2 aromatic carbocycles. The number of thioether (sulfide) groups is 1. The van der Waals surface area contributed by atoms with Crippen molar-refractivity contribution in [3.8, 4) is 0 Å². The number of carbonyl (C=O) groups is 1. The largest absolute Gasteiger partial charge is 0.349 e. The van der Waals surface area contributed by atoms with E-state index in [0.717, 1.165) is 16.5 Å². The fourth-order valence-corrected chi connectivity index (χ4v) is 4.24. The smallest absolute Gasteiger partial charge is 0.230 e. The number of nitrogens with one attached hydrogen (secondary N) is 1. The van der Waals surface area contributed by atoms with E-state index in [0.29, 0.717) is 18.2 Å².